The van der Waals surface area contributed by atoms with Gasteiger partial charge in [-0.15, -0.1) is 5.10 Å². The molecule has 1 atom stereocenters. The molecule has 32 heavy (non-hydrogen) atoms. The van der Waals surface area contributed by atoms with Gasteiger partial charge in [0.1, 0.15) is 5.82 Å². The van der Waals surface area contributed by atoms with Crippen LogP contribution in [0.15, 0.2) is 54.6 Å². The predicted molar refractivity (Wildman–Crippen MR) is 122 cm³/mol. The lowest BCUT2D eigenvalue weighted by Crippen LogP contribution is -2.52. The highest BCUT2D eigenvalue weighted by Gasteiger charge is 2.32. The van der Waals surface area contributed by atoms with Crippen LogP contribution in [0.1, 0.15) is 55.1 Å². The molecular weight excluding hydrogens is 403 g/mol. The van der Waals surface area contributed by atoms with Crippen molar-refractivity contribution in [3.63, 3.8) is 0 Å². The molecule has 0 N–H and O–H groups in total. The number of nitrogens with zero attached hydrogens (tertiary/aromatic N) is 6. The van der Waals surface area contributed by atoms with Crippen molar-refractivity contribution in [3.8, 4) is 0 Å². The normalized spacial score (nSPS) is 19.8. The molecule has 0 amide bonds. The van der Waals surface area contributed by atoms with Gasteiger partial charge in [0, 0.05) is 32.2 Å². The summed E-state index contributed by atoms with van der Waals surface area (Å²) < 4.78 is 15.6. The van der Waals surface area contributed by atoms with E-state index in [4.69, 9.17) is 0 Å². The molecule has 2 heterocycles. The number of tetrazole rings is 1. The van der Waals surface area contributed by atoms with Crippen molar-refractivity contribution >= 4 is 0 Å². The van der Waals surface area contributed by atoms with Crippen LogP contribution in [-0.4, -0.2) is 62.2 Å². The average molecular weight is 435 g/mol. The van der Waals surface area contributed by atoms with Crippen molar-refractivity contribution in [2.45, 2.75) is 50.7 Å². The topological polar surface area (TPSA) is 50.1 Å². The first-order chi connectivity index (χ1) is 15.8. The maximum absolute atomic E-state index is 13.7. The van der Waals surface area contributed by atoms with Crippen LogP contribution in [-0.2, 0) is 6.54 Å². The molecule has 0 bridgehead atoms. The Labute approximate surface area is 189 Å². The van der Waals surface area contributed by atoms with E-state index >= 15 is 0 Å². The van der Waals surface area contributed by atoms with E-state index in [-0.39, 0.29) is 11.9 Å². The Morgan fingerprint density at radius 2 is 1.59 bits per heavy atom. The fourth-order valence-electron chi connectivity index (χ4n) is 5.25. The molecule has 6 nitrogen and oxygen atoms in total. The van der Waals surface area contributed by atoms with Gasteiger partial charge in [-0.2, -0.15) is 0 Å². The summed E-state index contributed by atoms with van der Waals surface area (Å²) in [5.74, 6) is 0.588. The number of aromatic nitrogens is 4. The van der Waals surface area contributed by atoms with Gasteiger partial charge in [-0.1, -0.05) is 61.7 Å². The molecular formula is C25H31FN6. The van der Waals surface area contributed by atoms with Crippen molar-refractivity contribution in [3.05, 3.63) is 77.4 Å². The van der Waals surface area contributed by atoms with E-state index in [0.29, 0.717) is 6.54 Å². The maximum atomic E-state index is 13.7. The molecule has 5 rings (SSSR count). The summed E-state index contributed by atoms with van der Waals surface area (Å²) in [4.78, 5) is 5.13. The quantitative estimate of drug-likeness (QED) is 0.589. The van der Waals surface area contributed by atoms with Crippen LogP contribution in [0, 0.1) is 5.82 Å². The maximum Gasteiger partial charge on any atom is 0.173 e. The molecule has 1 aromatic heterocycles. The van der Waals surface area contributed by atoms with Gasteiger partial charge in [0.25, 0.3) is 0 Å². The smallest absolute Gasteiger partial charge is 0.173 e. The molecule has 2 aliphatic rings. The van der Waals surface area contributed by atoms with Crippen molar-refractivity contribution in [2.24, 2.45) is 0 Å². The molecule has 1 aliphatic carbocycles. The minimum Gasteiger partial charge on any atom is -0.298 e. The number of rotatable bonds is 6. The zero-order valence-electron chi connectivity index (χ0n) is 18.5. The van der Waals surface area contributed by atoms with Crippen molar-refractivity contribution in [1.29, 1.82) is 0 Å². The lowest BCUT2D eigenvalue weighted by Gasteiger charge is -2.43. The molecule has 0 unspecified atom stereocenters. The Balaban J connectivity index is 1.39. The first-order valence-electron chi connectivity index (χ1n) is 11.8. The summed E-state index contributed by atoms with van der Waals surface area (Å²) in [7, 11) is 0. The largest absolute Gasteiger partial charge is 0.298 e. The highest BCUT2D eigenvalue weighted by Crippen LogP contribution is 2.30. The second-order valence-electron chi connectivity index (χ2n) is 9.00. The van der Waals surface area contributed by atoms with Crippen LogP contribution in [0.5, 0.6) is 0 Å². The van der Waals surface area contributed by atoms with E-state index in [2.05, 4.69) is 37.5 Å². The molecule has 7 heteroatoms. The van der Waals surface area contributed by atoms with Gasteiger partial charge in [-0.05, 0) is 46.5 Å². The SMILES string of the molecule is Fc1ccc([C@@H](c2nnnn2Cc2ccccc2)N2CCN(C3CCCCC3)CC2)cc1. The van der Waals surface area contributed by atoms with Crippen LogP contribution >= 0.6 is 0 Å². The summed E-state index contributed by atoms with van der Waals surface area (Å²) in [5, 5.41) is 12.8. The van der Waals surface area contributed by atoms with Gasteiger partial charge in [-0.3, -0.25) is 9.80 Å². The Kier molecular flexibility index (Phi) is 6.55. The Morgan fingerprint density at radius 1 is 0.875 bits per heavy atom. The van der Waals surface area contributed by atoms with E-state index < -0.39 is 0 Å². The van der Waals surface area contributed by atoms with E-state index in [1.165, 1.54) is 44.2 Å². The number of piperazine rings is 1. The molecule has 2 aromatic carbocycles. The summed E-state index contributed by atoms with van der Waals surface area (Å²) in [6.45, 7) is 4.64. The van der Waals surface area contributed by atoms with Gasteiger partial charge >= 0.3 is 0 Å². The lowest BCUT2D eigenvalue weighted by atomic mass is 9.93. The molecule has 0 spiro atoms. The third kappa shape index (κ3) is 4.74. The van der Waals surface area contributed by atoms with Crippen LogP contribution in [0.2, 0.25) is 0 Å². The summed E-state index contributed by atoms with van der Waals surface area (Å²) in [5.41, 5.74) is 2.18. The molecule has 168 valence electrons. The molecule has 3 aromatic rings. The minimum absolute atomic E-state index is 0.0946. The molecule has 1 saturated heterocycles. The second kappa shape index (κ2) is 9.88. The third-order valence-corrected chi connectivity index (χ3v) is 6.97. The highest BCUT2D eigenvalue weighted by atomic mass is 19.1. The van der Waals surface area contributed by atoms with E-state index in [1.54, 1.807) is 0 Å². The monoisotopic (exact) mass is 434 g/mol. The van der Waals surface area contributed by atoms with Crippen LogP contribution in [0.25, 0.3) is 0 Å². The van der Waals surface area contributed by atoms with Crippen LogP contribution in [0.3, 0.4) is 0 Å². The minimum atomic E-state index is -0.224. The number of hydrogen-bond acceptors (Lipinski definition) is 5. The van der Waals surface area contributed by atoms with Crippen LogP contribution < -0.4 is 0 Å². The van der Waals surface area contributed by atoms with E-state index in [1.807, 2.05) is 35.0 Å². The fraction of sp³-hybridized carbons (Fsp3) is 0.480. The Morgan fingerprint density at radius 3 is 2.31 bits per heavy atom. The average Bonchev–Trinajstić information content (AvgIpc) is 3.30. The fourth-order valence-corrected chi connectivity index (χ4v) is 5.25. The summed E-state index contributed by atoms with van der Waals surface area (Å²) >= 11 is 0. The van der Waals surface area contributed by atoms with Crippen molar-refractivity contribution < 1.29 is 4.39 Å². The van der Waals surface area contributed by atoms with E-state index in [9.17, 15) is 4.39 Å². The molecule has 0 radical (unpaired) electrons. The highest BCUT2D eigenvalue weighted by molar-refractivity contribution is 5.26. The molecule has 1 aliphatic heterocycles. The third-order valence-electron chi connectivity index (χ3n) is 6.97. The van der Waals surface area contributed by atoms with Gasteiger partial charge in [0.2, 0.25) is 0 Å². The zero-order chi connectivity index (χ0) is 21.8. The first kappa shape index (κ1) is 21.2. The van der Waals surface area contributed by atoms with Gasteiger partial charge in [0.05, 0.1) is 12.6 Å². The number of hydrogen-bond donors (Lipinski definition) is 0. The van der Waals surface area contributed by atoms with Gasteiger partial charge < -0.3 is 0 Å². The second-order valence-corrected chi connectivity index (χ2v) is 9.00. The summed E-state index contributed by atoms with van der Waals surface area (Å²) in [6, 6.07) is 17.7. The predicted octanol–water partition coefficient (Wildman–Crippen LogP) is 3.90. The number of halogens is 1. The van der Waals surface area contributed by atoms with Crippen molar-refractivity contribution in [1.82, 2.24) is 30.0 Å². The van der Waals surface area contributed by atoms with Crippen LogP contribution in [0.4, 0.5) is 4.39 Å². The standard InChI is InChI=1S/C25H31FN6/c26-22-13-11-21(12-14-22)24(25-27-28-29-32(25)19-20-7-3-1-4-8-20)31-17-15-30(16-18-31)23-9-5-2-6-10-23/h1,3-4,7-8,11-14,23-24H,2,5-6,9-10,15-19H2/t24-/m0/s1. The lowest BCUT2D eigenvalue weighted by molar-refractivity contribution is 0.0620. The van der Waals surface area contributed by atoms with E-state index in [0.717, 1.165) is 49.2 Å². The van der Waals surface area contributed by atoms with Crippen molar-refractivity contribution in [2.75, 3.05) is 26.2 Å². The van der Waals surface area contributed by atoms with Gasteiger partial charge in [-0.25, -0.2) is 9.07 Å². The number of benzene rings is 2. The zero-order valence-corrected chi connectivity index (χ0v) is 18.5. The molecule has 2 fully saturated rings. The van der Waals surface area contributed by atoms with Gasteiger partial charge in [0.15, 0.2) is 5.82 Å². The summed E-state index contributed by atoms with van der Waals surface area (Å²) in [6.07, 6.45) is 6.76. The molecule has 1 saturated carbocycles. The Bertz CT molecular complexity index is 975. The Hall–Kier alpha value is -2.64. The first-order valence-corrected chi connectivity index (χ1v) is 11.8.